The van der Waals surface area contributed by atoms with Gasteiger partial charge in [0.15, 0.2) is 0 Å². The normalized spacial score (nSPS) is 22.1. The minimum absolute atomic E-state index is 0.232. The summed E-state index contributed by atoms with van der Waals surface area (Å²) in [5.74, 6) is -0.308. The molecule has 3 rings (SSSR count). The van der Waals surface area contributed by atoms with Crippen LogP contribution in [0.4, 0.5) is 4.39 Å². The summed E-state index contributed by atoms with van der Waals surface area (Å²) in [4.78, 5) is 2.51. The molecular weight excluding hydrogens is 265 g/mol. The van der Waals surface area contributed by atoms with Crippen LogP contribution in [0.25, 0.3) is 0 Å². The molecule has 0 radical (unpaired) electrons. The molecule has 1 aliphatic heterocycles. The van der Waals surface area contributed by atoms with E-state index < -0.39 is 0 Å². The third kappa shape index (κ3) is 3.09. The van der Waals surface area contributed by atoms with Crippen molar-refractivity contribution in [1.29, 1.82) is 5.26 Å². The predicted molar refractivity (Wildman–Crippen MR) is 80.2 cm³/mol. The van der Waals surface area contributed by atoms with Crippen LogP contribution in [0.1, 0.15) is 43.2 Å². The zero-order chi connectivity index (χ0) is 14.7. The second-order valence-electron chi connectivity index (χ2n) is 6.34. The molecule has 1 heterocycles. The Morgan fingerprint density at radius 2 is 2.05 bits per heavy atom. The van der Waals surface area contributed by atoms with E-state index in [1.54, 1.807) is 6.07 Å². The number of nitrogens with one attached hydrogen (secondary N) is 1. The maximum atomic E-state index is 13.6. The van der Waals surface area contributed by atoms with E-state index in [0.29, 0.717) is 5.56 Å². The summed E-state index contributed by atoms with van der Waals surface area (Å²) in [5, 5.41) is 12.5. The fourth-order valence-corrected chi connectivity index (χ4v) is 3.86. The van der Waals surface area contributed by atoms with E-state index in [2.05, 4.69) is 10.2 Å². The molecule has 1 N–H and O–H groups in total. The number of nitriles is 1. The number of hydrogen-bond acceptors (Lipinski definition) is 3. The maximum Gasteiger partial charge on any atom is 0.124 e. The van der Waals surface area contributed by atoms with Gasteiger partial charge in [-0.15, -0.1) is 0 Å². The van der Waals surface area contributed by atoms with Gasteiger partial charge in [-0.25, -0.2) is 4.39 Å². The third-order valence-electron chi connectivity index (χ3n) is 4.93. The Balaban J connectivity index is 1.81. The van der Waals surface area contributed by atoms with Gasteiger partial charge in [-0.1, -0.05) is 19.3 Å². The van der Waals surface area contributed by atoms with Crippen molar-refractivity contribution in [2.45, 2.75) is 44.2 Å². The maximum absolute atomic E-state index is 13.6. The molecule has 2 aliphatic rings. The summed E-state index contributed by atoms with van der Waals surface area (Å²) in [6.45, 7) is 3.77. The zero-order valence-electron chi connectivity index (χ0n) is 12.4. The molecule has 0 unspecified atom stereocenters. The van der Waals surface area contributed by atoms with Crippen molar-refractivity contribution in [2.75, 3.05) is 19.6 Å². The summed E-state index contributed by atoms with van der Waals surface area (Å²) < 4.78 is 13.6. The van der Waals surface area contributed by atoms with Crippen molar-refractivity contribution in [3.63, 3.8) is 0 Å². The molecule has 1 saturated heterocycles. The second kappa shape index (κ2) is 6.13. The van der Waals surface area contributed by atoms with Crippen LogP contribution < -0.4 is 5.32 Å². The highest BCUT2D eigenvalue weighted by molar-refractivity contribution is 5.33. The molecular formula is C17H22FN3. The summed E-state index contributed by atoms with van der Waals surface area (Å²) in [5.41, 5.74) is 1.56. The van der Waals surface area contributed by atoms with Crippen LogP contribution in [0.2, 0.25) is 0 Å². The lowest BCUT2D eigenvalue weighted by atomic mass is 9.79. The molecule has 1 spiro atoms. The second-order valence-corrected chi connectivity index (χ2v) is 6.34. The Morgan fingerprint density at radius 3 is 2.81 bits per heavy atom. The van der Waals surface area contributed by atoms with Gasteiger partial charge in [-0.3, -0.25) is 4.90 Å². The quantitative estimate of drug-likeness (QED) is 0.909. The van der Waals surface area contributed by atoms with E-state index >= 15 is 0 Å². The Bertz CT molecular complexity index is 535. The molecule has 0 aromatic heterocycles. The number of halogens is 1. The largest absolute Gasteiger partial charge is 0.314 e. The van der Waals surface area contributed by atoms with Crippen LogP contribution in [-0.2, 0) is 6.54 Å². The molecule has 1 saturated carbocycles. The summed E-state index contributed by atoms with van der Waals surface area (Å²) in [6, 6.07) is 6.74. The third-order valence-corrected chi connectivity index (χ3v) is 4.93. The van der Waals surface area contributed by atoms with Crippen LogP contribution in [0.15, 0.2) is 18.2 Å². The molecule has 1 aromatic rings. The van der Waals surface area contributed by atoms with Gasteiger partial charge in [-0.05, 0) is 36.6 Å². The minimum atomic E-state index is -0.308. The number of benzene rings is 1. The van der Waals surface area contributed by atoms with Gasteiger partial charge in [0.25, 0.3) is 0 Å². The molecule has 21 heavy (non-hydrogen) atoms. The fraction of sp³-hybridized carbons (Fsp3) is 0.588. The highest BCUT2D eigenvalue weighted by Gasteiger charge is 2.39. The van der Waals surface area contributed by atoms with Gasteiger partial charge < -0.3 is 5.32 Å². The fourth-order valence-electron chi connectivity index (χ4n) is 3.86. The Kier molecular flexibility index (Phi) is 4.23. The molecule has 1 aromatic carbocycles. The first kappa shape index (κ1) is 14.5. The Hall–Kier alpha value is -1.44. The van der Waals surface area contributed by atoms with Crippen LogP contribution in [0, 0.1) is 17.1 Å². The van der Waals surface area contributed by atoms with Crippen molar-refractivity contribution in [3.05, 3.63) is 35.1 Å². The van der Waals surface area contributed by atoms with Crippen LogP contribution >= 0.6 is 0 Å². The van der Waals surface area contributed by atoms with Crippen LogP contribution in [0.5, 0.6) is 0 Å². The van der Waals surface area contributed by atoms with E-state index in [9.17, 15) is 4.39 Å². The number of rotatable bonds is 2. The van der Waals surface area contributed by atoms with Gasteiger partial charge in [0.1, 0.15) is 5.82 Å². The average molecular weight is 287 g/mol. The highest BCUT2D eigenvalue weighted by Crippen LogP contribution is 2.35. The smallest absolute Gasteiger partial charge is 0.124 e. The topological polar surface area (TPSA) is 39.1 Å². The van der Waals surface area contributed by atoms with Crippen molar-refractivity contribution < 1.29 is 4.39 Å². The first-order chi connectivity index (χ1) is 10.2. The zero-order valence-corrected chi connectivity index (χ0v) is 12.4. The van der Waals surface area contributed by atoms with Gasteiger partial charge in [0, 0.05) is 31.7 Å². The Labute approximate surface area is 125 Å². The molecule has 0 atom stereocenters. The lowest BCUT2D eigenvalue weighted by molar-refractivity contribution is 0.0208. The van der Waals surface area contributed by atoms with Gasteiger partial charge in [-0.2, -0.15) is 5.26 Å². The standard InChI is InChI=1S/C17H22FN3/c18-16-9-14(11-19)8-15(10-16)12-21-7-6-20-13-17(21)4-2-1-3-5-17/h8-10,20H,1-7,12-13H2. The molecule has 0 amide bonds. The molecule has 0 bridgehead atoms. The molecule has 112 valence electrons. The lowest BCUT2D eigenvalue weighted by Crippen LogP contribution is -2.61. The summed E-state index contributed by atoms with van der Waals surface area (Å²) in [6.07, 6.45) is 6.34. The first-order valence-corrected chi connectivity index (χ1v) is 7.87. The summed E-state index contributed by atoms with van der Waals surface area (Å²) in [7, 11) is 0. The number of nitrogens with zero attached hydrogens (tertiary/aromatic N) is 2. The van der Waals surface area contributed by atoms with Crippen molar-refractivity contribution in [2.24, 2.45) is 0 Å². The number of piperazine rings is 1. The van der Waals surface area contributed by atoms with Gasteiger partial charge in [0.05, 0.1) is 11.6 Å². The van der Waals surface area contributed by atoms with E-state index in [-0.39, 0.29) is 11.4 Å². The van der Waals surface area contributed by atoms with E-state index in [1.165, 1.54) is 38.2 Å². The number of hydrogen-bond donors (Lipinski definition) is 1. The van der Waals surface area contributed by atoms with Gasteiger partial charge in [0.2, 0.25) is 0 Å². The van der Waals surface area contributed by atoms with Crippen molar-refractivity contribution in [3.8, 4) is 6.07 Å². The van der Waals surface area contributed by atoms with E-state index in [4.69, 9.17) is 5.26 Å². The average Bonchev–Trinajstić information content (AvgIpc) is 2.50. The minimum Gasteiger partial charge on any atom is -0.314 e. The lowest BCUT2D eigenvalue weighted by Gasteiger charge is -2.50. The molecule has 2 fully saturated rings. The molecule has 4 heteroatoms. The SMILES string of the molecule is N#Cc1cc(F)cc(CN2CCNCC23CCCCC3)c1. The summed E-state index contributed by atoms with van der Waals surface area (Å²) >= 11 is 0. The van der Waals surface area contributed by atoms with Crippen LogP contribution in [-0.4, -0.2) is 30.1 Å². The molecule has 1 aliphatic carbocycles. The highest BCUT2D eigenvalue weighted by atomic mass is 19.1. The van der Waals surface area contributed by atoms with Gasteiger partial charge >= 0.3 is 0 Å². The van der Waals surface area contributed by atoms with Crippen LogP contribution in [0.3, 0.4) is 0 Å². The Morgan fingerprint density at radius 1 is 1.24 bits per heavy atom. The van der Waals surface area contributed by atoms with E-state index in [1.807, 2.05) is 12.1 Å². The van der Waals surface area contributed by atoms with E-state index in [0.717, 1.165) is 31.7 Å². The van der Waals surface area contributed by atoms with Crippen molar-refractivity contribution >= 4 is 0 Å². The first-order valence-electron chi connectivity index (χ1n) is 7.87. The monoisotopic (exact) mass is 287 g/mol. The van der Waals surface area contributed by atoms with Crippen molar-refractivity contribution in [1.82, 2.24) is 10.2 Å². The molecule has 3 nitrogen and oxygen atoms in total. The predicted octanol–water partition coefficient (Wildman–Crippen LogP) is 2.81.